The summed E-state index contributed by atoms with van der Waals surface area (Å²) in [5.74, 6) is 0.388. The third kappa shape index (κ3) is 4.43. The Bertz CT molecular complexity index is 627. The maximum atomic E-state index is 12.5. The number of hydrogen-bond acceptors (Lipinski definition) is 4. The molecule has 2 heterocycles. The predicted octanol–water partition coefficient (Wildman–Crippen LogP) is 3.04. The maximum absolute atomic E-state index is 12.5. The highest BCUT2D eigenvalue weighted by molar-refractivity contribution is 9.10. The zero-order valence-electron chi connectivity index (χ0n) is 14.4. The minimum Gasteiger partial charge on any atom is -0.459 e. The Morgan fingerprint density at radius 2 is 2.08 bits per heavy atom. The van der Waals surface area contributed by atoms with E-state index in [1.54, 1.807) is 4.90 Å². The zero-order valence-corrected chi connectivity index (χ0v) is 15.9. The van der Waals surface area contributed by atoms with Crippen molar-refractivity contribution in [2.24, 2.45) is 5.92 Å². The largest absolute Gasteiger partial charge is 0.459 e. The molecule has 0 saturated carbocycles. The van der Waals surface area contributed by atoms with Crippen molar-refractivity contribution in [2.45, 2.75) is 32.0 Å². The monoisotopic (exact) mass is 409 g/mol. The van der Waals surface area contributed by atoms with Crippen LogP contribution in [0.3, 0.4) is 0 Å². The van der Waals surface area contributed by atoms with Crippen molar-refractivity contribution in [3.63, 3.8) is 0 Å². The van der Waals surface area contributed by atoms with Crippen LogP contribution in [0.25, 0.3) is 0 Å². The molecule has 3 rings (SSSR count). The van der Waals surface area contributed by atoms with E-state index in [0.29, 0.717) is 18.8 Å². The molecule has 2 aliphatic heterocycles. The molecule has 136 valence electrons. The van der Waals surface area contributed by atoms with Crippen LogP contribution < -0.4 is 0 Å². The van der Waals surface area contributed by atoms with Gasteiger partial charge in [-0.25, -0.2) is 0 Å². The van der Waals surface area contributed by atoms with Crippen molar-refractivity contribution >= 4 is 21.8 Å². The number of ether oxygens (including phenoxy) is 2. The minimum absolute atomic E-state index is 0.0175. The van der Waals surface area contributed by atoms with E-state index < -0.39 is 6.29 Å². The molecule has 1 fully saturated rings. The Morgan fingerprint density at radius 1 is 1.36 bits per heavy atom. The second-order valence-electron chi connectivity index (χ2n) is 6.37. The molecule has 3 atom stereocenters. The van der Waals surface area contributed by atoms with Crippen molar-refractivity contribution in [1.82, 2.24) is 4.90 Å². The minimum atomic E-state index is -0.478. The van der Waals surface area contributed by atoms with Gasteiger partial charge < -0.3 is 19.5 Å². The van der Waals surface area contributed by atoms with Gasteiger partial charge in [-0.3, -0.25) is 4.79 Å². The molecule has 1 saturated heterocycles. The number of amides is 1. The summed E-state index contributed by atoms with van der Waals surface area (Å²) in [6.45, 7) is 4.14. The van der Waals surface area contributed by atoms with Crippen LogP contribution in [0.1, 0.15) is 31.2 Å². The fourth-order valence-corrected chi connectivity index (χ4v) is 3.50. The van der Waals surface area contributed by atoms with Crippen LogP contribution in [0.5, 0.6) is 0 Å². The van der Waals surface area contributed by atoms with E-state index in [4.69, 9.17) is 9.47 Å². The lowest BCUT2D eigenvalue weighted by atomic mass is 9.80. The van der Waals surface area contributed by atoms with Gasteiger partial charge >= 0.3 is 0 Å². The number of allylic oxidation sites excluding steroid dienone is 1. The van der Waals surface area contributed by atoms with Gasteiger partial charge in [0, 0.05) is 42.6 Å². The number of aliphatic hydroxyl groups is 1. The lowest BCUT2D eigenvalue weighted by Gasteiger charge is -2.37. The molecular formula is C19H24BrNO4. The van der Waals surface area contributed by atoms with E-state index in [1.165, 1.54) is 0 Å². The van der Waals surface area contributed by atoms with E-state index in [-0.39, 0.29) is 24.3 Å². The summed E-state index contributed by atoms with van der Waals surface area (Å²) in [6.07, 6.45) is 2.90. The summed E-state index contributed by atoms with van der Waals surface area (Å²) in [5.41, 5.74) is 1.12. The van der Waals surface area contributed by atoms with Crippen LogP contribution in [0, 0.1) is 5.92 Å². The second-order valence-corrected chi connectivity index (χ2v) is 7.29. The number of carbonyl (C=O) groups is 1. The van der Waals surface area contributed by atoms with Crippen molar-refractivity contribution < 1.29 is 19.4 Å². The SMILES string of the molecule is CCO[C@H]1OC(C(=O)N2CC2)=C[C@@H](c2ccc(Br)cc2)[C@H]1CCCO. The summed E-state index contributed by atoms with van der Waals surface area (Å²) in [7, 11) is 0. The molecule has 0 aliphatic carbocycles. The topological polar surface area (TPSA) is 58.8 Å². The highest BCUT2D eigenvalue weighted by Crippen LogP contribution is 2.40. The highest BCUT2D eigenvalue weighted by Gasteiger charge is 2.40. The van der Waals surface area contributed by atoms with Gasteiger partial charge in [-0.05, 0) is 43.5 Å². The summed E-state index contributed by atoms with van der Waals surface area (Å²) in [6, 6.07) is 8.13. The molecule has 6 heteroatoms. The fraction of sp³-hybridized carbons (Fsp3) is 0.526. The Kier molecular flexibility index (Phi) is 6.15. The molecule has 1 aromatic rings. The summed E-state index contributed by atoms with van der Waals surface area (Å²) < 4.78 is 12.8. The number of hydrogen-bond donors (Lipinski definition) is 1. The summed E-state index contributed by atoms with van der Waals surface area (Å²) >= 11 is 3.47. The van der Waals surface area contributed by atoms with Crippen molar-refractivity contribution in [2.75, 3.05) is 26.3 Å². The predicted molar refractivity (Wildman–Crippen MR) is 97.9 cm³/mol. The number of nitrogens with zero attached hydrogens (tertiary/aromatic N) is 1. The van der Waals surface area contributed by atoms with Crippen LogP contribution in [-0.2, 0) is 14.3 Å². The highest BCUT2D eigenvalue weighted by atomic mass is 79.9. The standard InChI is InChI=1S/C19H24BrNO4/c1-2-24-19-15(4-3-11-22)16(13-5-7-14(20)8-6-13)12-17(25-19)18(23)21-9-10-21/h5-8,12,15-16,19,22H,2-4,9-11H2,1H3/t15-,16+,19+/m1/s1. The van der Waals surface area contributed by atoms with Gasteiger partial charge in [-0.1, -0.05) is 28.1 Å². The first-order chi connectivity index (χ1) is 12.1. The van der Waals surface area contributed by atoms with E-state index in [9.17, 15) is 9.90 Å². The molecule has 1 aromatic carbocycles. The molecule has 0 bridgehead atoms. The number of rotatable bonds is 7. The maximum Gasteiger partial charge on any atom is 0.288 e. The van der Waals surface area contributed by atoms with E-state index in [2.05, 4.69) is 28.1 Å². The van der Waals surface area contributed by atoms with Crippen LogP contribution in [-0.4, -0.2) is 48.5 Å². The second kappa shape index (κ2) is 8.34. The normalized spacial score (nSPS) is 25.3. The Balaban J connectivity index is 1.93. The Hall–Kier alpha value is -1.37. The van der Waals surface area contributed by atoms with Crippen LogP contribution in [0.15, 0.2) is 40.6 Å². The van der Waals surface area contributed by atoms with Crippen LogP contribution in [0.2, 0.25) is 0 Å². The van der Waals surface area contributed by atoms with E-state index in [0.717, 1.165) is 29.5 Å². The molecule has 0 radical (unpaired) electrons. The first kappa shape index (κ1) is 18.4. The Morgan fingerprint density at radius 3 is 2.68 bits per heavy atom. The van der Waals surface area contributed by atoms with Gasteiger partial charge in [0.2, 0.25) is 6.29 Å². The summed E-state index contributed by atoms with van der Waals surface area (Å²) in [5, 5.41) is 9.26. The lowest BCUT2D eigenvalue weighted by Crippen LogP contribution is -2.37. The van der Waals surface area contributed by atoms with Crippen molar-refractivity contribution in [3.8, 4) is 0 Å². The van der Waals surface area contributed by atoms with Gasteiger partial charge in [0.25, 0.3) is 5.91 Å². The fourth-order valence-electron chi connectivity index (χ4n) is 3.23. The molecule has 25 heavy (non-hydrogen) atoms. The van der Waals surface area contributed by atoms with Crippen molar-refractivity contribution in [3.05, 3.63) is 46.1 Å². The van der Waals surface area contributed by atoms with Crippen LogP contribution in [0.4, 0.5) is 0 Å². The zero-order chi connectivity index (χ0) is 17.8. The van der Waals surface area contributed by atoms with Gasteiger partial charge in [-0.2, -0.15) is 0 Å². The molecule has 0 unspecified atom stereocenters. The van der Waals surface area contributed by atoms with E-state index >= 15 is 0 Å². The number of benzene rings is 1. The average Bonchev–Trinajstić information content (AvgIpc) is 3.45. The molecule has 0 aromatic heterocycles. The van der Waals surface area contributed by atoms with Gasteiger partial charge in [0.05, 0.1) is 0 Å². The van der Waals surface area contributed by atoms with Gasteiger partial charge in [0.1, 0.15) is 0 Å². The molecule has 1 amide bonds. The quantitative estimate of drug-likeness (QED) is 0.703. The molecule has 1 N–H and O–H groups in total. The average molecular weight is 410 g/mol. The molecular weight excluding hydrogens is 386 g/mol. The number of halogens is 1. The lowest BCUT2D eigenvalue weighted by molar-refractivity contribution is -0.168. The third-order valence-corrected chi connectivity index (χ3v) is 5.14. The molecule has 0 spiro atoms. The summed E-state index contributed by atoms with van der Waals surface area (Å²) in [4.78, 5) is 14.2. The first-order valence-corrected chi connectivity index (χ1v) is 9.59. The Labute approximate surface area is 156 Å². The third-order valence-electron chi connectivity index (χ3n) is 4.61. The first-order valence-electron chi connectivity index (χ1n) is 8.79. The van der Waals surface area contributed by atoms with Gasteiger partial charge in [-0.15, -0.1) is 0 Å². The number of carbonyl (C=O) groups excluding carboxylic acids is 1. The molecule has 2 aliphatic rings. The van der Waals surface area contributed by atoms with Gasteiger partial charge in [0.15, 0.2) is 5.76 Å². The number of aliphatic hydroxyl groups excluding tert-OH is 1. The smallest absolute Gasteiger partial charge is 0.288 e. The van der Waals surface area contributed by atoms with Crippen molar-refractivity contribution in [1.29, 1.82) is 0 Å². The van der Waals surface area contributed by atoms with E-state index in [1.807, 2.05) is 25.1 Å². The molecule has 5 nitrogen and oxygen atoms in total. The van der Waals surface area contributed by atoms with Crippen LogP contribution >= 0.6 is 15.9 Å².